The van der Waals surface area contributed by atoms with Crippen LogP contribution in [-0.4, -0.2) is 29.2 Å². The fraction of sp³-hybridized carbons (Fsp3) is 0.158. The van der Waals surface area contributed by atoms with E-state index in [4.69, 9.17) is 0 Å². The van der Waals surface area contributed by atoms with E-state index in [0.717, 1.165) is 21.5 Å². The Hall–Kier alpha value is -3.48. The number of aryl methyl sites for hydroxylation is 1. The Bertz CT molecular complexity index is 985. The zero-order valence-electron chi connectivity index (χ0n) is 14.6. The first-order valence-corrected chi connectivity index (χ1v) is 8.20. The summed E-state index contributed by atoms with van der Waals surface area (Å²) in [6, 6.07) is 17.3. The molecule has 132 valence electrons. The molecule has 26 heavy (non-hydrogen) atoms. The van der Waals surface area contributed by atoms with Crippen LogP contribution in [0.25, 0.3) is 0 Å². The molecule has 0 saturated heterocycles. The average Bonchev–Trinajstić information content (AvgIpc) is 2.96. The summed E-state index contributed by atoms with van der Waals surface area (Å²) in [5.41, 5.74) is 2.44. The summed E-state index contributed by atoms with van der Waals surface area (Å²) >= 11 is 0. The van der Waals surface area contributed by atoms with Gasteiger partial charge in [0, 0.05) is 11.8 Å². The van der Waals surface area contributed by atoms with Gasteiger partial charge in [0.2, 0.25) is 0 Å². The third-order valence-electron chi connectivity index (χ3n) is 3.91. The van der Waals surface area contributed by atoms with Crippen molar-refractivity contribution in [1.29, 1.82) is 0 Å². The van der Waals surface area contributed by atoms with Gasteiger partial charge >= 0.3 is 17.2 Å². The zero-order valence-corrected chi connectivity index (χ0v) is 14.6. The lowest BCUT2D eigenvalue weighted by atomic mass is 10.2. The van der Waals surface area contributed by atoms with Crippen molar-refractivity contribution in [3.8, 4) is 0 Å². The van der Waals surface area contributed by atoms with Crippen molar-refractivity contribution in [3.63, 3.8) is 0 Å². The van der Waals surface area contributed by atoms with Crippen LogP contribution < -0.4 is 15.6 Å². The molecule has 0 spiro atoms. The average molecular weight is 350 g/mol. The topological polar surface area (TPSA) is 83.1 Å². The molecule has 2 aromatic carbocycles. The Labute approximate surface area is 150 Å². The number of nitrogens with zero attached hydrogens (tertiary/aromatic N) is 3. The van der Waals surface area contributed by atoms with Crippen molar-refractivity contribution in [1.82, 2.24) is 15.3 Å². The molecule has 0 aliphatic rings. The van der Waals surface area contributed by atoms with Gasteiger partial charge in [-0.2, -0.15) is 0 Å². The molecule has 1 amide bonds. The van der Waals surface area contributed by atoms with Crippen LogP contribution >= 0.6 is 0 Å². The summed E-state index contributed by atoms with van der Waals surface area (Å²) in [5.74, 6) is -0.466. The van der Waals surface area contributed by atoms with Crippen LogP contribution in [0, 0.1) is 6.92 Å². The molecule has 3 rings (SSSR count). The molecule has 7 nitrogen and oxygen atoms in total. The number of aromatic amines is 1. The number of aromatic nitrogens is 3. The summed E-state index contributed by atoms with van der Waals surface area (Å²) in [5, 5.41) is 9.52. The molecular formula is C19H20N5O2+. The number of carbonyl (C=O) groups excluding carboxylic acids is 1. The van der Waals surface area contributed by atoms with Crippen molar-refractivity contribution in [2.45, 2.75) is 13.5 Å². The molecule has 0 radical (unpaired) electrons. The van der Waals surface area contributed by atoms with E-state index in [-0.39, 0.29) is 5.69 Å². The van der Waals surface area contributed by atoms with Gasteiger partial charge in [-0.15, -0.1) is 4.68 Å². The van der Waals surface area contributed by atoms with Gasteiger partial charge in [0.15, 0.2) is 0 Å². The van der Waals surface area contributed by atoms with Crippen LogP contribution in [0.5, 0.6) is 0 Å². The SMILES string of the molecule is CNC(=O)c1c(=O)n(/N=C/c2ccc(C)cc2)[nH][n+]1Cc1ccccc1. The zero-order chi connectivity index (χ0) is 18.5. The highest BCUT2D eigenvalue weighted by molar-refractivity contribution is 5.90. The Morgan fingerprint density at radius 3 is 2.54 bits per heavy atom. The fourth-order valence-corrected chi connectivity index (χ4v) is 2.50. The molecule has 2 N–H and O–H groups in total. The predicted molar refractivity (Wildman–Crippen MR) is 98.4 cm³/mol. The van der Waals surface area contributed by atoms with Crippen LogP contribution in [0.4, 0.5) is 0 Å². The third-order valence-corrected chi connectivity index (χ3v) is 3.91. The molecule has 7 heteroatoms. The van der Waals surface area contributed by atoms with Crippen molar-refractivity contribution >= 4 is 12.1 Å². The molecule has 0 aliphatic carbocycles. The van der Waals surface area contributed by atoms with Crippen LogP contribution in [-0.2, 0) is 6.54 Å². The largest absolute Gasteiger partial charge is 0.432 e. The van der Waals surface area contributed by atoms with Crippen molar-refractivity contribution < 1.29 is 9.48 Å². The maximum absolute atomic E-state index is 12.6. The highest BCUT2D eigenvalue weighted by atomic mass is 16.2. The number of hydrogen-bond acceptors (Lipinski definition) is 3. The summed E-state index contributed by atoms with van der Waals surface area (Å²) in [7, 11) is 1.49. The molecule has 0 fully saturated rings. The highest BCUT2D eigenvalue weighted by Gasteiger charge is 2.27. The molecule has 3 aromatic rings. The van der Waals surface area contributed by atoms with E-state index in [0.29, 0.717) is 6.54 Å². The smallest absolute Gasteiger partial charge is 0.352 e. The third kappa shape index (κ3) is 3.77. The van der Waals surface area contributed by atoms with E-state index in [1.807, 2.05) is 61.5 Å². The standard InChI is InChI=1S/C19H19N5O2/c1-14-8-10-15(11-9-14)12-21-24-19(26)17(18(25)20-2)23(22-24)13-16-6-4-3-5-7-16/h3-12H,13H2,1-2H3,(H-,20,22,25,26)/p+1/b21-12+. The Balaban J connectivity index is 1.97. The highest BCUT2D eigenvalue weighted by Crippen LogP contribution is 2.00. The van der Waals surface area contributed by atoms with Gasteiger partial charge in [0.25, 0.3) is 0 Å². The van der Waals surface area contributed by atoms with E-state index in [1.165, 1.54) is 11.7 Å². The van der Waals surface area contributed by atoms with Gasteiger partial charge in [0.05, 0.1) is 6.21 Å². The van der Waals surface area contributed by atoms with Gasteiger partial charge in [-0.3, -0.25) is 4.79 Å². The quantitative estimate of drug-likeness (QED) is 0.533. The minimum atomic E-state index is -0.511. The van der Waals surface area contributed by atoms with Crippen LogP contribution in [0.2, 0.25) is 0 Å². The first-order chi connectivity index (χ1) is 12.6. The van der Waals surface area contributed by atoms with E-state index in [2.05, 4.69) is 15.6 Å². The van der Waals surface area contributed by atoms with Crippen LogP contribution in [0.3, 0.4) is 0 Å². The number of hydrogen-bond donors (Lipinski definition) is 2. The van der Waals surface area contributed by atoms with Gasteiger partial charge in [-0.05, 0) is 18.1 Å². The van der Waals surface area contributed by atoms with Crippen LogP contribution in [0.15, 0.2) is 64.5 Å². The molecule has 0 atom stereocenters. The van der Waals surface area contributed by atoms with Crippen molar-refractivity contribution in [2.24, 2.45) is 5.10 Å². The van der Waals surface area contributed by atoms with E-state index in [1.54, 1.807) is 6.21 Å². The molecule has 1 heterocycles. The first kappa shape index (κ1) is 17.3. The lowest BCUT2D eigenvalue weighted by Crippen LogP contribution is -2.46. The summed E-state index contributed by atoms with van der Waals surface area (Å²) in [6.07, 6.45) is 1.57. The fourth-order valence-electron chi connectivity index (χ4n) is 2.50. The van der Waals surface area contributed by atoms with E-state index in [9.17, 15) is 9.59 Å². The Morgan fingerprint density at radius 2 is 1.88 bits per heavy atom. The maximum atomic E-state index is 12.6. The van der Waals surface area contributed by atoms with Gasteiger partial charge in [-0.1, -0.05) is 70.5 Å². The van der Waals surface area contributed by atoms with Crippen LogP contribution in [0.1, 0.15) is 27.2 Å². The van der Waals surface area contributed by atoms with Gasteiger partial charge in [-0.25, -0.2) is 4.79 Å². The minimum absolute atomic E-state index is 0.00240. The second kappa shape index (κ2) is 7.60. The normalized spacial score (nSPS) is 11.0. The van der Waals surface area contributed by atoms with E-state index >= 15 is 0 Å². The lowest BCUT2D eigenvalue weighted by Gasteiger charge is -1.99. The number of carbonyl (C=O) groups is 1. The molecule has 0 unspecified atom stereocenters. The Morgan fingerprint density at radius 1 is 1.19 bits per heavy atom. The molecule has 1 aromatic heterocycles. The van der Waals surface area contributed by atoms with Crippen molar-refractivity contribution in [3.05, 3.63) is 87.3 Å². The predicted octanol–water partition coefficient (Wildman–Crippen LogP) is 1.06. The lowest BCUT2D eigenvalue weighted by molar-refractivity contribution is -0.749. The summed E-state index contributed by atoms with van der Waals surface area (Å²) in [6.45, 7) is 2.35. The van der Waals surface area contributed by atoms with E-state index < -0.39 is 11.5 Å². The molecule has 0 aliphatic heterocycles. The molecule has 0 saturated carbocycles. The maximum Gasteiger partial charge on any atom is 0.432 e. The van der Waals surface area contributed by atoms with Crippen molar-refractivity contribution in [2.75, 3.05) is 7.05 Å². The summed E-state index contributed by atoms with van der Waals surface area (Å²) < 4.78 is 1.49. The minimum Gasteiger partial charge on any atom is -0.352 e. The van der Waals surface area contributed by atoms with Gasteiger partial charge in [0.1, 0.15) is 6.54 Å². The first-order valence-electron chi connectivity index (χ1n) is 8.20. The summed E-state index contributed by atoms with van der Waals surface area (Å²) in [4.78, 5) is 25.8. The molecular weight excluding hydrogens is 330 g/mol. The number of amides is 1. The second-order valence-corrected chi connectivity index (χ2v) is 5.87. The number of H-pyrrole nitrogens is 1. The number of rotatable bonds is 5. The second-order valence-electron chi connectivity index (χ2n) is 5.87. The monoisotopic (exact) mass is 350 g/mol. The Kier molecular flexibility index (Phi) is 5.07. The molecule has 0 bridgehead atoms. The number of nitrogens with one attached hydrogen (secondary N) is 2. The number of benzene rings is 2. The van der Waals surface area contributed by atoms with Gasteiger partial charge < -0.3 is 5.32 Å².